The molecular weight excluding hydrogens is 304 g/mol. The van der Waals surface area contributed by atoms with E-state index in [-0.39, 0.29) is 5.91 Å². The Kier molecular flexibility index (Phi) is 4.29. The van der Waals surface area contributed by atoms with Gasteiger partial charge in [0.1, 0.15) is 6.04 Å². The van der Waals surface area contributed by atoms with Crippen LogP contribution >= 0.6 is 0 Å². The van der Waals surface area contributed by atoms with Crippen LogP contribution in [0.2, 0.25) is 0 Å². The molecule has 2 N–H and O–H groups in total. The molecule has 2 heterocycles. The second-order valence-electron chi connectivity index (χ2n) is 6.08. The molecule has 1 aliphatic rings. The molecule has 1 fully saturated rings. The molecule has 0 spiro atoms. The van der Waals surface area contributed by atoms with Crippen LogP contribution in [0.4, 0.5) is 0 Å². The van der Waals surface area contributed by atoms with Gasteiger partial charge in [-0.2, -0.15) is 0 Å². The van der Waals surface area contributed by atoms with Crippen molar-refractivity contribution in [3.8, 4) is 11.3 Å². The van der Waals surface area contributed by atoms with Crippen molar-refractivity contribution in [1.82, 2.24) is 14.9 Å². The molecular formula is C18H20N4O2. The molecule has 1 aromatic carbocycles. The molecule has 1 saturated heterocycles. The Morgan fingerprint density at radius 2 is 1.92 bits per heavy atom. The number of carbonyl (C=O) groups is 2. The summed E-state index contributed by atoms with van der Waals surface area (Å²) in [5, 5.41) is 0. The van der Waals surface area contributed by atoms with Gasteiger partial charge in [-0.1, -0.05) is 12.1 Å². The molecule has 1 atom stereocenters. The van der Waals surface area contributed by atoms with Crippen LogP contribution in [-0.4, -0.2) is 39.3 Å². The number of nitrogens with zero attached hydrogens (tertiary/aromatic N) is 3. The Balaban J connectivity index is 1.85. The highest BCUT2D eigenvalue weighted by molar-refractivity contribution is 5.98. The number of amides is 2. The van der Waals surface area contributed by atoms with Crippen molar-refractivity contribution in [3.05, 3.63) is 47.4 Å². The van der Waals surface area contributed by atoms with Gasteiger partial charge < -0.3 is 10.6 Å². The van der Waals surface area contributed by atoms with Crippen molar-refractivity contribution >= 4 is 11.8 Å². The van der Waals surface area contributed by atoms with Gasteiger partial charge in [0, 0.05) is 23.9 Å². The van der Waals surface area contributed by atoms with Crippen LogP contribution < -0.4 is 5.73 Å². The van der Waals surface area contributed by atoms with Gasteiger partial charge in [-0.15, -0.1) is 0 Å². The topological polar surface area (TPSA) is 89.2 Å². The maximum Gasteiger partial charge on any atom is 0.254 e. The first-order chi connectivity index (χ1) is 11.5. The number of primary amides is 1. The lowest BCUT2D eigenvalue weighted by Crippen LogP contribution is -2.43. The lowest BCUT2D eigenvalue weighted by molar-refractivity contribution is -0.121. The summed E-state index contributed by atoms with van der Waals surface area (Å²) in [5.74, 6) is -0.599. The minimum atomic E-state index is -0.498. The Labute approximate surface area is 140 Å². The predicted molar refractivity (Wildman–Crippen MR) is 90.2 cm³/mol. The van der Waals surface area contributed by atoms with Gasteiger partial charge in [0.15, 0.2) is 0 Å². The number of carbonyl (C=O) groups excluding carboxylic acids is 2. The third-order valence-electron chi connectivity index (χ3n) is 4.32. The number of rotatable bonds is 3. The van der Waals surface area contributed by atoms with E-state index >= 15 is 0 Å². The number of nitrogens with two attached hydrogens (primary N) is 1. The zero-order valence-electron chi connectivity index (χ0n) is 13.8. The third-order valence-corrected chi connectivity index (χ3v) is 4.32. The summed E-state index contributed by atoms with van der Waals surface area (Å²) in [6.45, 7) is 4.37. The zero-order valence-corrected chi connectivity index (χ0v) is 13.8. The molecule has 1 aliphatic heterocycles. The smallest absolute Gasteiger partial charge is 0.254 e. The predicted octanol–water partition coefficient (Wildman–Crippen LogP) is 1.85. The van der Waals surface area contributed by atoms with Gasteiger partial charge in [-0.25, -0.2) is 4.98 Å². The summed E-state index contributed by atoms with van der Waals surface area (Å²) < 4.78 is 0. The van der Waals surface area contributed by atoms with Gasteiger partial charge in [-0.05, 0) is 38.8 Å². The highest BCUT2D eigenvalue weighted by Crippen LogP contribution is 2.23. The highest BCUT2D eigenvalue weighted by Gasteiger charge is 2.33. The van der Waals surface area contributed by atoms with Crippen molar-refractivity contribution in [2.45, 2.75) is 32.7 Å². The average Bonchev–Trinajstić information content (AvgIpc) is 3.06. The maximum atomic E-state index is 12.6. The SMILES string of the molecule is Cc1cnc(C)c(-c2ccc(C(=O)N3CCC[C@H]3C(N)=O)cc2)n1. The molecule has 1 aromatic heterocycles. The van der Waals surface area contributed by atoms with Crippen molar-refractivity contribution in [1.29, 1.82) is 0 Å². The Morgan fingerprint density at radius 3 is 2.58 bits per heavy atom. The Bertz CT molecular complexity index is 786. The first-order valence-electron chi connectivity index (χ1n) is 7.98. The second-order valence-corrected chi connectivity index (χ2v) is 6.08. The molecule has 0 bridgehead atoms. The van der Waals surface area contributed by atoms with Crippen molar-refractivity contribution in [2.24, 2.45) is 5.73 Å². The lowest BCUT2D eigenvalue weighted by Gasteiger charge is -2.22. The number of hydrogen-bond donors (Lipinski definition) is 1. The first kappa shape index (κ1) is 16.1. The van der Waals surface area contributed by atoms with Gasteiger partial charge in [0.05, 0.1) is 17.1 Å². The van der Waals surface area contributed by atoms with E-state index in [0.717, 1.165) is 29.1 Å². The molecule has 24 heavy (non-hydrogen) atoms. The zero-order chi connectivity index (χ0) is 17.3. The highest BCUT2D eigenvalue weighted by atomic mass is 16.2. The molecule has 124 valence electrons. The van der Waals surface area contributed by atoms with Gasteiger partial charge >= 0.3 is 0 Å². The number of aryl methyl sites for hydroxylation is 2. The van der Waals surface area contributed by atoms with Crippen LogP contribution in [0.3, 0.4) is 0 Å². The van der Waals surface area contributed by atoms with Crippen LogP contribution in [0, 0.1) is 13.8 Å². The third kappa shape index (κ3) is 2.99. The summed E-state index contributed by atoms with van der Waals surface area (Å²) in [4.78, 5) is 34.5. The standard InChI is InChI=1S/C18H20N4O2/c1-11-10-20-12(2)16(21-11)13-5-7-14(8-6-13)18(24)22-9-3-4-15(22)17(19)23/h5-8,10,15H,3-4,9H2,1-2H3,(H2,19,23)/t15-/m0/s1. The normalized spacial score (nSPS) is 17.1. The lowest BCUT2D eigenvalue weighted by atomic mass is 10.1. The second kappa shape index (κ2) is 6.39. The van der Waals surface area contributed by atoms with Crippen LogP contribution in [0.5, 0.6) is 0 Å². The quantitative estimate of drug-likeness (QED) is 0.933. The van der Waals surface area contributed by atoms with E-state index in [4.69, 9.17) is 5.73 Å². The number of benzene rings is 1. The maximum absolute atomic E-state index is 12.6. The van der Waals surface area contributed by atoms with E-state index in [1.54, 1.807) is 23.2 Å². The van der Waals surface area contributed by atoms with E-state index in [1.165, 1.54) is 0 Å². The molecule has 3 rings (SSSR count). The molecule has 0 unspecified atom stereocenters. The van der Waals surface area contributed by atoms with Crippen LogP contribution in [0.25, 0.3) is 11.3 Å². The number of aromatic nitrogens is 2. The monoisotopic (exact) mass is 324 g/mol. The summed E-state index contributed by atoms with van der Waals surface area (Å²) in [6, 6.07) is 6.75. The fourth-order valence-electron chi connectivity index (χ4n) is 3.05. The summed E-state index contributed by atoms with van der Waals surface area (Å²) in [5.41, 5.74) is 9.34. The van der Waals surface area contributed by atoms with Crippen molar-refractivity contribution < 1.29 is 9.59 Å². The fourth-order valence-corrected chi connectivity index (χ4v) is 3.05. The number of likely N-dealkylation sites (tertiary alicyclic amines) is 1. The molecule has 6 heteroatoms. The van der Waals surface area contributed by atoms with E-state index in [2.05, 4.69) is 9.97 Å². The van der Waals surface area contributed by atoms with Crippen molar-refractivity contribution in [3.63, 3.8) is 0 Å². The largest absolute Gasteiger partial charge is 0.368 e. The summed E-state index contributed by atoms with van der Waals surface area (Å²) >= 11 is 0. The average molecular weight is 324 g/mol. The van der Waals surface area contributed by atoms with E-state index in [0.29, 0.717) is 18.5 Å². The minimum Gasteiger partial charge on any atom is -0.368 e. The summed E-state index contributed by atoms with van der Waals surface area (Å²) in [7, 11) is 0. The summed E-state index contributed by atoms with van der Waals surface area (Å²) in [6.07, 6.45) is 3.17. The Hall–Kier alpha value is -2.76. The molecule has 6 nitrogen and oxygen atoms in total. The minimum absolute atomic E-state index is 0.158. The Morgan fingerprint density at radius 1 is 1.21 bits per heavy atom. The van der Waals surface area contributed by atoms with Crippen LogP contribution in [0.1, 0.15) is 34.6 Å². The first-order valence-corrected chi connectivity index (χ1v) is 7.98. The van der Waals surface area contributed by atoms with Gasteiger partial charge in [0.25, 0.3) is 5.91 Å². The molecule has 0 saturated carbocycles. The van der Waals surface area contributed by atoms with Crippen LogP contribution in [-0.2, 0) is 4.79 Å². The van der Waals surface area contributed by atoms with Crippen LogP contribution in [0.15, 0.2) is 30.5 Å². The van der Waals surface area contributed by atoms with Gasteiger partial charge in [0.2, 0.25) is 5.91 Å². The number of hydrogen-bond acceptors (Lipinski definition) is 4. The van der Waals surface area contributed by atoms with Crippen molar-refractivity contribution in [2.75, 3.05) is 6.54 Å². The van der Waals surface area contributed by atoms with Gasteiger partial charge in [-0.3, -0.25) is 14.6 Å². The fraction of sp³-hybridized carbons (Fsp3) is 0.333. The molecule has 2 amide bonds. The van der Waals surface area contributed by atoms with E-state index in [9.17, 15) is 9.59 Å². The van der Waals surface area contributed by atoms with E-state index in [1.807, 2.05) is 26.0 Å². The molecule has 2 aromatic rings. The van der Waals surface area contributed by atoms with E-state index < -0.39 is 11.9 Å². The molecule has 0 radical (unpaired) electrons. The molecule has 0 aliphatic carbocycles.